The maximum Gasteiger partial charge on any atom is 0.227 e. The molecule has 8 heteroatoms. The summed E-state index contributed by atoms with van der Waals surface area (Å²) in [6.45, 7) is 0.643. The zero-order valence-corrected chi connectivity index (χ0v) is 9.81. The second kappa shape index (κ2) is 6.21. The third-order valence-electron chi connectivity index (χ3n) is 2.64. The lowest BCUT2D eigenvalue weighted by Crippen LogP contribution is -2.64. The SMILES string of the molecule is CC(=O)CC(=O)N[C@@H]1[C@@H](O)[C@H](O)[C@@H](CO)O[C@H]1O. The van der Waals surface area contributed by atoms with Crippen molar-refractivity contribution in [3.8, 4) is 0 Å². The average molecular weight is 263 g/mol. The minimum absolute atomic E-state index is 0.373. The van der Waals surface area contributed by atoms with Crippen LogP contribution in [0.3, 0.4) is 0 Å². The molecule has 1 amide bonds. The topological polar surface area (TPSA) is 136 Å². The van der Waals surface area contributed by atoms with Crippen LogP contribution in [-0.2, 0) is 14.3 Å². The molecule has 18 heavy (non-hydrogen) atoms. The lowest BCUT2D eigenvalue weighted by atomic mass is 9.97. The van der Waals surface area contributed by atoms with Crippen LogP contribution in [0.15, 0.2) is 0 Å². The molecule has 1 fully saturated rings. The average Bonchev–Trinajstić information content (AvgIpc) is 2.28. The van der Waals surface area contributed by atoms with Crippen LogP contribution in [-0.4, -0.2) is 69.4 Å². The molecule has 0 bridgehead atoms. The predicted octanol–water partition coefficient (Wildman–Crippen LogP) is -3.12. The lowest BCUT2D eigenvalue weighted by Gasteiger charge is -2.40. The number of nitrogens with one attached hydrogen (secondary N) is 1. The maximum atomic E-state index is 11.3. The molecular formula is C10H17NO7. The number of ketones is 1. The molecule has 0 aliphatic carbocycles. The zero-order valence-electron chi connectivity index (χ0n) is 9.81. The molecule has 5 atom stereocenters. The first-order valence-electron chi connectivity index (χ1n) is 5.46. The Hall–Kier alpha value is -1.06. The van der Waals surface area contributed by atoms with Crippen LogP contribution in [0.25, 0.3) is 0 Å². The van der Waals surface area contributed by atoms with Crippen LogP contribution in [0.2, 0.25) is 0 Å². The number of hydrogen-bond donors (Lipinski definition) is 5. The van der Waals surface area contributed by atoms with E-state index in [9.17, 15) is 24.9 Å². The van der Waals surface area contributed by atoms with Crippen molar-refractivity contribution in [2.24, 2.45) is 0 Å². The summed E-state index contributed by atoms with van der Waals surface area (Å²) in [5.41, 5.74) is 0. The lowest BCUT2D eigenvalue weighted by molar-refractivity contribution is -0.253. The summed E-state index contributed by atoms with van der Waals surface area (Å²) in [4.78, 5) is 22.1. The first kappa shape index (κ1) is 15.0. The Morgan fingerprint density at radius 3 is 2.33 bits per heavy atom. The van der Waals surface area contributed by atoms with Crippen LogP contribution in [0.5, 0.6) is 0 Å². The van der Waals surface area contributed by atoms with Gasteiger partial charge in [0.15, 0.2) is 6.29 Å². The molecule has 0 saturated carbocycles. The number of aliphatic hydroxyl groups excluding tert-OH is 4. The molecule has 0 aromatic carbocycles. The Bertz CT molecular complexity index is 321. The normalized spacial score (nSPS) is 36.2. The number of Topliss-reactive ketones (excluding diaryl/α,β-unsaturated/α-hetero) is 1. The van der Waals surface area contributed by atoms with E-state index in [4.69, 9.17) is 9.84 Å². The monoisotopic (exact) mass is 263 g/mol. The Morgan fingerprint density at radius 1 is 1.22 bits per heavy atom. The summed E-state index contributed by atoms with van der Waals surface area (Å²) < 4.78 is 4.83. The van der Waals surface area contributed by atoms with Crippen molar-refractivity contribution in [3.05, 3.63) is 0 Å². The highest BCUT2D eigenvalue weighted by Crippen LogP contribution is 2.19. The van der Waals surface area contributed by atoms with Gasteiger partial charge >= 0.3 is 0 Å². The van der Waals surface area contributed by atoms with Crippen molar-refractivity contribution in [3.63, 3.8) is 0 Å². The quantitative estimate of drug-likeness (QED) is 0.338. The first-order valence-corrected chi connectivity index (χ1v) is 5.46. The predicted molar refractivity (Wildman–Crippen MR) is 57.2 cm³/mol. The Morgan fingerprint density at radius 2 is 1.83 bits per heavy atom. The van der Waals surface area contributed by atoms with Crippen LogP contribution in [0.4, 0.5) is 0 Å². The molecule has 0 spiro atoms. The molecule has 1 saturated heterocycles. The standard InChI is InChI=1S/C10H17NO7/c1-4(13)2-6(14)11-7-9(16)8(15)5(3-12)18-10(7)17/h5,7-10,12,15-17H,2-3H2,1H3,(H,11,14)/t5-,7-,8-,9-,10-/m1/s1. The van der Waals surface area contributed by atoms with Crippen molar-refractivity contribution in [1.82, 2.24) is 5.32 Å². The van der Waals surface area contributed by atoms with E-state index in [2.05, 4.69) is 5.32 Å². The van der Waals surface area contributed by atoms with Crippen LogP contribution < -0.4 is 5.32 Å². The third-order valence-corrected chi connectivity index (χ3v) is 2.64. The summed E-state index contributed by atoms with van der Waals surface area (Å²) in [5.74, 6) is -1.06. The zero-order chi connectivity index (χ0) is 13.9. The molecule has 0 aromatic rings. The Balaban J connectivity index is 2.65. The van der Waals surface area contributed by atoms with Gasteiger partial charge in [0.1, 0.15) is 30.1 Å². The van der Waals surface area contributed by atoms with Crippen molar-refractivity contribution in [2.75, 3.05) is 6.61 Å². The number of rotatable bonds is 4. The molecule has 1 aliphatic rings. The number of ether oxygens (including phenoxy) is 1. The number of carbonyl (C=O) groups excluding carboxylic acids is 2. The van der Waals surface area contributed by atoms with Gasteiger partial charge in [0.25, 0.3) is 0 Å². The van der Waals surface area contributed by atoms with Crippen molar-refractivity contribution >= 4 is 11.7 Å². The Labute approximate surface area is 103 Å². The summed E-state index contributed by atoms with van der Waals surface area (Å²) in [6.07, 6.45) is -6.04. The minimum Gasteiger partial charge on any atom is -0.394 e. The summed E-state index contributed by atoms with van der Waals surface area (Å²) >= 11 is 0. The highest BCUT2D eigenvalue weighted by atomic mass is 16.6. The molecule has 8 nitrogen and oxygen atoms in total. The molecule has 1 heterocycles. The van der Waals surface area contributed by atoms with Crippen molar-refractivity contribution in [1.29, 1.82) is 0 Å². The number of aliphatic hydroxyl groups is 4. The number of amides is 1. The van der Waals surface area contributed by atoms with Crippen LogP contribution in [0, 0.1) is 0 Å². The van der Waals surface area contributed by atoms with Crippen molar-refractivity contribution in [2.45, 2.75) is 44.0 Å². The summed E-state index contributed by atoms with van der Waals surface area (Å²) in [7, 11) is 0. The fourth-order valence-electron chi connectivity index (χ4n) is 1.72. The molecule has 1 rings (SSSR count). The molecular weight excluding hydrogens is 246 g/mol. The van der Waals surface area contributed by atoms with Crippen LogP contribution in [0.1, 0.15) is 13.3 Å². The highest BCUT2D eigenvalue weighted by Gasteiger charge is 2.44. The van der Waals surface area contributed by atoms with E-state index in [0.717, 1.165) is 0 Å². The second-order valence-corrected chi connectivity index (χ2v) is 4.20. The smallest absolute Gasteiger partial charge is 0.227 e. The minimum atomic E-state index is -1.57. The van der Waals surface area contributed by atoms with Gasteiger partial charge in [-0.3, -0.25) is 9.59 Å². The number of hydrogen-bond acceptors (Lipinski definition) is 7. The molecule has 0 unspecified atom stereocenters. The maximum absolute atomic E-state index is 11.3. The largest absolute Gasteiger partial charge is 0.394 e. The van der Waals surface area contributed by atoms with Gasteiger partial charge in [0, 0.05) is 0 Å². The van der Waals surface area contributed by atoms with Gasteiger partial charge in [-0.1, -0.05) is 0 Å². The molecule has 5 N–H and O–H groups in total. The van der Waals surface area contributed by atoms with E-state index in [-0.39, 0.29) is 5.78 Å². The van der Waals surface area contributed by atoms with Gasteiger partial charge < -0.3 is 30.5 Å². The first-order chi connectivity index (χ1) is 8.36. The van der Waals surface area contributed by atoms with Gasteiger partial charge in [-0.2, -0.15) is 0 Å². The van der Waals surface area contributed by atoms with E-state index in [1.807, 2.05) is 0 Å². The highest BCUT2D eigenvalue weighted by molar-refractivity contribution is 5.96. The van der Waals surface area contributed by atoms with Gasteiger partial charge in [-0.15, -0.1) is 0 Å². The van der Waals surface area contributed by atoms with Gasteiger partial charge in [0.2, 0.25) is 5.91 Å². The molecule has 0 aromatic heterocycles. The fraction of sp³-hybridized carbons (Fsp3) is 0.800. The van der Waals surface area contributed by atoms with E-state index in [1.54, 1.807) is 0 Å². The molecule has 0 radical (unpaired) electrons. The Kier molecular flexibility index (Phi) is 5.17. The van der Waals surface area contributed by atoms with E-state index >= 15 is 0 Å². The summed E-state index contributed by atoms with van der Waals surface area (Å²) in [5, 5.41) is 39.8. The van der Waals surface area contributed by atoms with E-state index < -0.39 is 49.6 Å². The molecule has 1 aliphatic heterocycles. The van der Waals surface area contributed by atoms with E-state index in [0.29, 0.717) is 0 Å². The van der Waals surface area contributed by atoms with Gasteiger partial charge in [-0.05, 0) is 6.92 Å². The van der Waals surface area contributed by atoms with Gasteiger partial charge in [0.05, 0.1) is 13.0 Å². The van der Waals surface area contributed by atoms with Crippen molar-refractivity contribution < 1.29 is 34.8 Å². The second-order valence-electron chi connectivity index (χ2n) is 4.20. The van der Waals surface area contributed by atoms with Crippen LogP contribution >= 0.6 is 0 Å². The third kappa shape index (κ3) is 3.47. The fourth-order valence-corrected chi connectivity index (χ4v) is 1.72. The molecule has 104 valence electrons. The van der Waals surface area contributed by atoms with E-state index in [1.165, 1.54) is 6.92 Å². The van der Waals surface area contributed by atoms with Gasteiger partial charge in [-0.25, -0.2) is 0 Å². The number of carbonyl (C=O) groups is 2. The summed E-state index contributed by atoms with van der Waals surface area (Å²) in [6, 6.07) is -1.25.